The summed E-state index contributed by atoms with van der Waals surface area (Å²) in [6.07, 6.45) is 3.34. The molecule has 6 heteroatoms. The summed E-state index contributed by atoms with van der Waals surface area (Å²) in [6, 6.07) is 25.2. The van der Waals surface area contributed by atoms with Crippen LogP contribution in [0.1, 0.15) is 27.2 Å². The minimum Gasteiger partial charge on any atom is -0.497 e. The van der Waals surface area contributed by atoms with Crippen LogP contribution in [-0.4, -0.2) is 25.5 Å². The predicted molar refractivity (Wildman–Crippen MR) is 138 cm³/mol. The second-order valence-corrected chi connectivity index (χ2v) is 8.73. The van der Waals surface area contributed by atoms with E-state index in [0.29, 0.717) is 17.9 Å². The summed E-state index contributed by atoms with van der Waals surface area (Å²) in [6.45, 7) is 0.502. The molecular weight excluding hydrogens is 444 g/mol. The largest absolute Gasteiger partial charge is 0.497 e. The van der Waals surface area contributed by atoms with Crippen molar-refractivity contribution in [3.8, 4) is 5.75 Å². The van der Waals surface area contributed by atoms with Crippen molar-refractivity contribution in [1.82, 2.24) is 10.6 Å². The Kier molecular flexibility index (Phi) is 7.73. The Hall–Kier alpha value is -3.90. The third-order valence-electron chi connectivity index (χ3n) is 5.46. The molecule has 1 aromatic heterocycles. The highest BCUT2D eigenvalue weighted by molar-refractivity contribution is 7.10. The number of aryl methyl sites for hydroxylation is 1. The van der Waals surface area contributed by atoms with Crippen LogP contribution in [-0.2, 0) is 11.2 Å². The van der Waals surface area contributed by atoms with Gasteiger partial charge in [-0.25, -0.2) is 0 Å². The van der Waals surface area contributed by atoms with Crippen LogP contribution in [0.25, 0.3) is 16.8 Å². The molecule has 0 saturated heterocycles. The number of hydrogen-bond donors (Lipinski definition) is 2. The third-order valence-corrected chi connectivity index (χ3v) is 6.28. The number of fused-ring (bicyclic) bond motifs is 1. The Morgan fingerprint density at radius 1 is 0.941 bits per heavy atom. The molecule has 0 aliphatic carbocycles. The molecule has 0 saturated carbocycles. The summed E-state index contributed by atoms with van der Waals surface area (Å²) < 4.78 is 5.14. The van der Waals surface area contributed by atoms with Gasteiger partial charge in [-0.15, -0.1) is 11.3 Å². The summed E-state index contributed by atoms with van der Waals surface area (Å²) in [7, 11) is 1.57. The van der Waals surface area contributed by atoms with Crippen LogP contribution in [0.3, 0.4) is 0 Å². The van der Waals surface area contributed by atoms with Gasteiger partial charge >= 0.3 is 0 Å². The SMILES string of the molecule is COc1ccc(C(=O)N/C(=C\c2cccs2)C(=O)NCCCc2cccc3ccccc23)cc1. The predicted octanol–water partition coefficient (Wildman–Crippen LogP) is 5.43. The zero-order valence-corrected chi connectivity index (χ0v) is 19.7. The van der Waals surface area contributed by atoms with Gasteiger partial charge in [0.15, 0.2) is 0 Å². The Morgan fingerprint density at radius 2 is 1.74 bits per heavy atom. The van der Waals surface area contributed by atoms with Crippen molar-refractivity contribution in [2.75, 3.05) is 13.7 Å². The molecule has 172 valence electrons. The lowest BCUT2D eigenvalue weighted by molar-refractivity contribution is -0.117. The second kappa shape index (κ2) is 11.3. The molecule has 0 fully saturated rings. The highest BCUT2D eigenvalue weighted by atomic mass is 32.1. The lowest BCUT2D eigenvalue weighted by Gasteiger charge is -2.12. The van der Waals surface area contributed by atoms with Crippen molar-refractivity contribution in [3.05, 3.63) is 106 Å². The number of carbonyl (C=O) groups excluding carboxylic acids is 2. The van der Waals surface area contributed by atoms with Crippen molar-refractivity contribution >= 4 is 40.0 Å². The second-order valence-electron chi connectivity index (χ2n) is 7.75. The minimum absolute atomic E-state index is 0.216. The van der Waals surface area contributed by atoms with E-state index in [1.165, 1.54) is 27.7 Å². The zero-order valence-electron chi connectivity index (χ0n) is 18.9. The Bertz CT molecular complexity index is 1290. The fraction of sp³-hybridized carbons (Fsp3) is 0.143. The highest BCUT2D eigenvalue weighted by Crippen LogP contribution is 2.20. The van der Waals surface area contributed by atoms with Crippen molar-refractivity contribution < 1.29 is 14.3 Å². The van der Waals surface area contributed by atoms with E-state index in [1.807, 2.05) is 29.6 Å². The van der Waals surface area contributed by atoms with Crippen LogP contribution in [0.2, 0.25) is 0 Å². The lowest BCUT2D eigenvalue weighted by Crippen LogP contribution is -2.35. The van der Waals surface area contributed by atoms with E-state index in [9.17, 15) is 9.59 Å². The topological polar surface area (TPSA) is 67.4 Å². The van der Waals surface area contributed by atoms with Crippen molar-refractivity contribution in [1.29, 1.82) is 0 Å². The molecular formula is C28H26N2O3S. The molecule has 2 N–H and O–H groups in total. The van der Waals surface area contributed by atoms with Gasteiger partial charge < -0.3 is 15.4 Å². The maximum Gasteiger partial charge on any atom is 0.267 e. The first-order chi connectivity index (χ1) is 16.6. The van der Waals surface area contributed by atoms with E-state index in [0.717, 1.165) is 17.7 Å². The maximum atomic E-state index is 13.0. The van der Waals surface area contributed by atoms with Gasteiger partial charge in [-0.2, -0.15) is 0 Å². The number of carbonyl (C=O) groups is 2. The molecule has 1 heterocycles. The van der Waals surface area contributed by atoms with Gasteiger partial charge in [0.25, 0.3) is 11.8 Å². The van der Waals surface area contributed by atoms with Gasteiger partial charge in [0, 0.05) is 17.0 Å². The Balaban J connectivity index is 1.39. The zero-order chi connectivity index (χ0) is 23.8. The standard InChI is InChI=1S/C28H26N2O3S/c1-33-23-15-13-22(14-16-23)27(31)30-26(19-24-11-6-18-34-24)28(32)29-17-5-10-21-9-4-8-20-7-2-3-12-25(20)21/h2-4,6-9,11-16,18-19H,5,10,17H2,1H3,(H,29,32)(H,30,31)/b26-19-. The van der Waals surface area contributed by atoms with Gasteiger partial charge in [0.05, 0.1) is 7.11 Å². The molecule has 0 atom stereocenters. The fourth-order valence-corrected chi connectivity index (χ4v) is 4.35. The molecule has 4 rings (SSSR count). The van der Waals surface area contributed by atoms with Crippen molar-refractivity contribution in [2.24, 2.45) is 0 Å². The third kappa shape index (κ3) is 5.91. The number of rotatable bonds is 9. The van der Waals surface area contributed by atoms with Gasteiger partial charge in [-0.3, -0.25) is 9.59 Å². The summed E-state index contributed by atoms with van der Waals surface area (Å²) in [5.41, 5.74) is 1.92. The van der Waals surface area contributed by atoms with Crippen LogP contribution in [0.5, 0.6) is 5.75 Å². The average molecular weight is 471 g/mol. The molecule has 5 nitrogen and oxygen atoms in total. The minimum atomic E-state index is -0.351. The molecule has 0 unspecified atom stereocenters. The van der Waals surface area contributed by atoms with Crippen LogP contribution >= 0.6 is 11.3 Å². The van der Waals surface area contributed by atoms with Crippen LogP contribution in [0.4, 0.5) is 0 Å². The Morgan fingerprint density at radius 3 is 2.50 bits per heavy atom. The van der Waals surface area contributed by atoms with E-state index in [4.69, 9.17) is 4.74 Å². The van der Waals surface area contributed by atoms with E-state index in [2.05, 4.69) is 41.0 Å². The van der Waals surface area contributed by atoms with Crippen LogP contribution in [0.15, 0.2) is 89.9 Å². The molecule has 3 aromatic carbocycles. The maximum absolute atomic E-state index is 13.0. The number of ether oxygens (including phenoxy) is 1. The molecule has 34 heavy (non-hydrogen) atoms. The van der Waals surface area contributed by atoms with Gasteiger partial charge in [0.1, 0.15) is 11.4 Å². The number of hydrogen-bond acceptors (Lipinski definition) is 4. The van der Waals surface area contributed by atoms with Crippen molar-refractivity contribution in [2.45, 2.75) is 12.8 Å². The number of benzene rings is 3. The summed E-state index contributed by atoms with van der Waals surface area (Å²) in [5, 5.41) is 10.1. The molecule has 0 bridgehead atoms. The highest BCUT2D eigenvalue weighted by Gasteiger charge is 2.15. The molecule has 0 radical (unpaired) electrons. The van der Waals surface area contributed by atoms with E-state index in [1.54, 1.807) is 37.5 Å². The first-order valence-corrected chi connectivity index (χ1v) is 12.0. The number of thiophene rings is 1. The average Bonchev–Trinajstić information content (AvgIpc) is 3.39. The lowest BCUT2D eigenvalue weighted by atomic mass is 10.0. The van der Waals surface area contributed by atoms with E-state index in [-0.39, 0.29) is 17.5 Å². The molecule has 0 aliphatic rings. The first kappa shape index (κ1) is 23.3. The van der Waals surface area contributed by atoms with Crippen molar-refractivity contribution in [3.63, 3.8) is 0 Å². The normalized spacial score (nSPS) is 11.3. The Labute approximate surface area is 203 Å². The smallest absolute Gasteiger partial charge is 0.267 e. The van der Waals surface area contributed by atoms with Gasteiger partial charge in [-0.1, -0.05) is 48.5 Å². The number of methoxy groups -OCH3 is 1. The number of nitrogens with one attached hydrogen (secondary N) is 2. The molecule has 0 aliphatic heterocycles. The summed E-state index contributed by atoms with van der Waals surface area (Å²) in [5.74, 6) is -0.000570. The van der Waals surface area contributed by atoms with Crippen LogP contribution in [0, 0.1) is 0 Å². The monoisotopic (exact) mass is 470 g/mol. The van der Waals surface area contributed by atoms with Gasteiger partial charge in [-0.05, 0) is 71.0 Å². The number of amides is 2. The first-order valence-electron chi connectivity index (χ1n) is 11.1. The molecule has 0 spiro atoms. The van der Waals surface area contributed by atoms with E-state index < -0.39 is 0 Å². The fourth-order valence-electron chi connectivity index (χ4n) is 3.70. The quantitative estimate of drug-likeness (QED) is 0.253. The molecule has 2 amide bonds. The van der Waals surface area contributed by atoms with E-state index >= 15 is 0 Å². The molecule has 4 aromatic rings. The summed E-state index contributed by atoms with van der Waals surface area (Å²) >= 11 is 1.50. The van der Waals surface area contributed by atoms with Gasteiger partial charge in [0.2, 0.25) is 0 Å². The summed E-state index contributed by atoms with van der Waals surface area (Å²) in [4.78, 5) is 26.6. The van der Waals surface area contributed by atoms with Crippen LogP contribution < -0.4 is 15.4 Å².